The second-order valence-corrected chi connectivity index (χ2v) is 5.52. The monoisotopic (exact) mass is 278 g/mol. The standard InChI is InChI=1S/C15H22N2O3/c1-15(14(16)19,17-12-5-6-12)7-8-20-13-4-2-3-11(9-13)10-18/h2-4,9,12,17-18H,5-8,10H2,1H3,(H2,16,19). The van der Waals surface area contributed by atoms with E-state index in [9.17, 15) is 4.79 Å². The average molecular weight is 278 g/mol. The molecule has 1 aliphatic rings. The number of nitrogens with two attached hydrogens (primary N) is 1. The normalized spacial score (nSPS) is 17.5. The summed E-state index contributed by atoms with van der Waals surface area (Å²) in [5, 5.41) is 12.3. The van der Waals surface area contributed by atoms with Gasteiger partial charge in [0.25, 0.3) is 0 Å². The Morgan fingerprint density at radius 1 is 1.55 bits per heavy atom. The van der Waals surface area contributed by atoms with Crippen molar-refractivity contribution in [3.8, 4) is 5.75 Å². The number of ether oxygens (including phenoxy) is 1. The molecule has 1 aromatic carbocycles. The zero-order chi connectivity index (χ0) is 14.6. The van der Waals surface area contributed by atoms with Crippen LogP contribution in [-0.2, 0) is 11.4 Å². The highest BCUT2D eigenvalue weighted by molar-refractivity contribution is 5.84. The fraction of sp³-hybridized carbons (Fsp3) is 0.533. The van der Waals surface area contributed by atoms with Crippen molar-refractivity contribution >= 4 is 5.91 Å². The summed E-state index contributed by atoms with van der Waals surface area (Å²) in [6.07, 6.45) is 2.72. The first-order valence-electron chi connectivity index (χ1n) is 6.94. The third kappa shape index (κ3) is 3.95. The molecule has 1 atom stereocenters. The molecule has 20 heavy (non-hydrogen) atoms. The van der Waals surface area contributed by atoms with Gasteiger partial charge in [-0.1, -0.05) is 12.1 Å². The van der Waals surface area contributed by atoms with Crippen LogP contribution in [0.5, 0.6) is 5.75 Å². The lowest BCUT2D eigenvalue weighted by Gasteiger charge is -2.27. The third-order valence-corrected chi connectivity index (χ3v) is 3.60. The summed E-state index contributed by atoms with van der Waals surface area (Å²) in [7, 11) is 0. The van der Waals surface area contributed by atoms with E-state index >= 15 is 0 Å². The molecule has 1 fully saturated rings. The minimum Gasteiger partial charge on any atom is -0.493 e. The molecule has 4 N–H and O–H groups in total. The van der Waals surface area contributed by atoms with Gasteiger partial charge in [-0.25, -0.2) is 0 Å². The average Bonchev–Trinajstić information content (AvgIpc) is 3.22. The van der Waals surface area contributed by atoms with Crippen LogP contribution >= 0.6 is 0 Å². The van der Waals surface area contributed by atoms with Crippen molar-refractivity contribution in [2.24, 2.45) is 5.73 Å². The molecule has 0 radical (unpaired) electrons. The number of nitrogens with one attached hydrogen (secondary N) is 1. The minimum atomic E-state index is -0.726. The minimum absolute atomic E-state index is 0.0144. The first-order chi connectivity index (χ1) is 9.53. The number of hydrogen-bond donors (Lipinski definition) is 3. The van der Waals surface area contributed by atoms with Crippen LogP contribution in [0.1, 0.15) is 31.7 Å². The van der Waals surface area contributed by atoms with E-state index in [1.54, 1.807) is 6.07 Å². The van der Waals surface area contributed by atoms with Crippen LogP contribution in [0.3, 0.4) is 0 Å². The molecule has 2 rings (SSSR count). The second-order valence-electron chi connectivity index (χ2n) is 5.52. The van der Waals surface area contributed by atoms with E-state index in [-0.39, 0.29) is 12.5 Å². The molecule has 1 aromatic rings. The molecule has 5 nitrogen and oxygen atoms in total. The molecule has 1 aliphatic carbocycles. The number of hydrogen-bond acceptors (Lipinski definition) is 4. The van der Waals surface area contributed by atoms with Crippen LogP contribution in [0.4, 0.5) is 0 Å². The Morgan fingerprint density at radius 2 is 2.30 bits per heavy atom. The number of primary amides is 1. The van der Waals surface area contributed by atoms with Crippen molar-refractivity contribution in [3.63, 3.8) is 0 Å². The van der Waals surface area contributed by atoms with E-state index < -0.39 is 5.54 Å². The smallest absolute Gasteiger partial charge is 0.237 e. The van der Waals surface area contributed by atoms with E-state index in [1.165, 1.54) is 0 Å². The molecule has 5 heteroatoms. The van der Waals surface area contributed by atoms with E-state index in [1.807, 2.05) is 25.1 Å². The highest BCUT2D eigenvalue weighted by Gasteiger charge is 2.36. The molecule has 1 saturated carbocycles. The predicted molar refractivity (Wildman–Crippen MR) is 76.2 cm³/mol. The summed E-state index contributed by atoms with van der Waals surface area (Å²) in [6.45, 7) is 2.20. The summed E-state index contributed by atoms with van der Waals surface area (Å²) >= 11 is 0. The maximum atomic E-state index is 11.6. The fourth-order valence-corrected chi connectivity index (χ4v) is 2.05. The number of carbonyl (C=O) groups excluding carboxylic acids is 1. The third-order valence-electron chi connectivity index (χ3n) is 3.60. The lowest BCUT2D eigenvalue weighted by Crippen LogP contribution is -2.54. The van der Waals surface area contributed by atoms with Crippen LogP contribution < -0.4 is 15.8 Å². The first-order valence-corrected chi connectivity index (χ1v) is 6.94. The van der Waals surface area contributed by atoms with Gasteiger partial charge in [0.1, 0.15) is 5.75 Å². The van der Waals surface area contributed by atoms with Gasteiger partial charge in [-0.05, 0) is 37.5 Å². The number of aliphatic hydroxyl groups excluding tert-OH is 1. The summed E-state index contributed by atoms with van der Waals surface area (Å²) in [5.74, 6) is 0.340. The Balaban J connectivity index is 1.87. The topological polar surface area (TPSA) is 84.6 Å². The van der Waals surface area contributed by atoms with Gasteiger partial charge in [0.15, 0.2) is 0 Å². The van der Waals surface area contributed by atoms with Crippen LogP contribution in [-0.4, -0.2) is 29.2 Å². The molecule has 0 bridgehead atoms. The van der Waals surface area contributed by atoms with Crippen LogP contribution in [0, 0.1) is 0 Å². The quantitative estimate of drug-likeness (QED) is 0.661. The summed E-state index contributed by atoms with van der Waals surface area (Å²) in [5.41, 5.74) is 5.56. The predicted octanol–water partition coefficient (Wildman–Crippen LogP) is 0.944. The van der Waals surface area contributed by atoms with Crippen molar-refractivity contribution in [3.05, 3.63) is 29.8 Å². The van der Waals surface area contributed by atoms with Crippen molar-refractivity contribution < 1.29 is 14.6 Å². The van der Waals surface area contributed by atoms with Crippen molar-refractivity contribution in [1.82, 2.24) is 5.32 Å². The molecule has 0 aromatic heterocycles. The number of carbonyl (C=O) groups is 1. The van der Waals surface area contributed by atoms with Gasteiger partial charge in [-0.2, -0.15) is 0 Å². The Hall–Kier alpha value is -1.59. The van der Waals surface area contributed by atoms with Crippen LogP contribution in [0.15, 0.2) is 24.3 Å². The molecule has 0 spiro atoms. The van der Waals surface area contributed by atoms with E-state index in [2.05, 4.69) is 5.32 Å². The molecule has 1 unspecified atom stereocenters. The van der Waals surface area contributed by atoms with Gasteiger partial charge in [0.2, 0.25) is 5.91 Å². The van der Waals surface area contributed by atoms with E-state index in [4.69, 9.17) is 15.6 Å². The largest absolute Gasteiger partial charge is 0.493 e. The molecule has 0 heterocycles. The van der Waals surface area contributed by atoms with Gasteiger partial charge in [-0.15, -0.1) is 0 Å². The highest BCUT2D eigenvalue weighted by atomic mass is 16.5. The van der Waals surface area contributed by atoms with E-state index in [0.717, 1.165) is 18.4 Å². The fourth-order valence-electron chi connectivity index (χ4n) is 2.05. The van der Waals surface area contributed by atoms with Gasteiger partial charge in [0, 0.05) is 12.5 Å². The van der Waals surface area contributed by atoms with Crippen molar-refractivity contribution in [1.29, 1.82) is 0 Å². The zero-order valence-electron chi connectivity index (χ0n) is 11.8. The number of rotatable bonds is 8. The van der Waals surface area contributed by atoms with Gasteiger partial charge < -0.3 is 20.9 Å². The van der Waals surface area contributed by atoms with Gasteiger partial charge in [0.05, 0.1) is 18.8 Å². The Morgan fingerprint density at radius 3 is 2.90 bits per heavy atom. The first kappa shape index (κ1) is 14.8. The lowest BCUT2D eigenvalue weighted by molar-refractivity contribution is -0.124. The lowest BCUT2D eigenvalue weighted by atomic mass is 9.97. The summed E-state index contributed by atoms with van der Waals surface area (Å²) in [6, 6.07) is 7.68. The van der Waals surface area contributed by atoms with E-state index in [0.29, 0.717) is 24.8 Å². The maximum Gasteiger partial charge on any atom is 0.237 e. The number of aliphatic hydroxyl groups is 1. The second kappa shape index (κ2) is 6.24. The highest BCUT2D eigenvalue weighted by Crippen LogP contribution is 2.24. The Labute approximate surface area is 119 Å². The molecule has 0 aliphatic heterocycles. The molecular weight excluding hydrogens is 256 g/mol. The Bertz CT molecular complexity index is 474. The van der Waals surface area contributed by atoms with Crippen LogP contribution in [0.25, 0.3) is 0 Å². The van der Waals surface area contributed by atoms with Gasteiger partial charge >= 0.3 is 0 Å². The number of amides is 1. The maximum absolute atomic E-state index is 11.6. The van der Waals surface area contributed by atoms with Gasteiger partial charge in [-0.3, -0.25) is 4.79 Å². The molecule has 0 saturated heterocycles. The summed E-state index contributed by atoms with van der Waals surface area (Å²) < 4.78 is 5.64. The molecule has 1 amide bonds. The van der Waals surface area contributed by atoms with Crippen LogP contribution in [0.2, 0.25) is 0 Å². The zero-order valence-corrected chi connectivity index (χ0v) is 11.8. The summed E-state index contributed by atoms with van der Waals surface area (Å²) in [4.78, 5) is 11.6. The SMILES string of the molecule is CC(CCOc1cccc(CO)c1)(NC1CC1)C(N)=O. The Kier molecular flexibility index (Phi) is 4.62. The van der Waals surface area contributed by atoms with Crippen molar-refractivity contribution in [2.75, 3.05) is 6.61 Å². The number of benzene rings is 1. The molecular formula is C15H22N2O3. The van der Waals surface area contributed by atoms with Crippen molar-refractivity contribution in [2.45, 2.75) is 44.4 Å². The molecule has 110 valence electrons.